The Morgan fingerprint density at radius 3 is 2.58 bits per heavy atom. The van der Waals surface area contributed by atoms with Crippen LogP contribution in [0, 0.1) is 11.3 Å². The summed E-state index contributed by atoms with van der Waals surface area (Å²) in [6.07, 6.45) is -0.213. The number of fused-ring (bicyclic) bond motifs is 2. The molecule has 0 radical (unpaired) electrons. The number of sulfonamides is 1. The van der Waals surface area contributed by atoms with Crippen LogP contribution in [0.1, 0.15) is 45.1 Å². The highest BCUT2D eigenvalue weighted by Crippen LogP contribution is 2.36. The first-order valence-electron chi connectivity index (χ1n) is 17.9. The van der Waals surface area contributed by atoms with Crippen LogP contribution in [-0.4, -0.2) is 114 Å². The van der Waals surface area contributed by atoms with Crippen LogP contribution >= 0.6 is 0 Å². The van der Waals surface area contributed by atoms with Crippen LogP contribution in [0.5, 0.6) is 11.5 Å². The van der Waals surface area contributed by atoms with Gasteiger partial charge >= 0.3 is 12.1 Å². The number of nitrogens with one attached hydrogen (secondary N) is 4. The van der Waals surface area contributed by atoms with Crippen LogP contribution < -0.4 is 30.7 Å². The van der Waals surface area contributed by atoms with Crippen molar-refractivity contribution < 1.29 is 51.6 Å². The molecule has 0 bridgehead atoms. The number of carbonyl (C=O) groups excluding carboxylic acids is 3. The summed E-state index contributed by atoms with van der Waals surface area (Å²) < 4.78 is 57.7. The Morgan fingerprint density at radius 1 is 1.04 bits per heavy atom. The monoisotopic (exact) mass is 761 g/mol. The van der Waals surface area contributed by atoms with E-state index in [0.29, 0.717) is 50.3 Å². The molecule has 5 rings (SSSR count). The predicted octanol–water partition coefficient (Wildman–Crippen LogP) is 2.11. The quantitative estimate of drug-likeness (QED) is 0.139. The number of unbranched alkanes of at least 4 members (excludes halogenated alkanes) is 1. The zero-order valence-electron chi connectivity index (χ0n) is 30.4. The molecule has 5 atom stereocenters. The fraction of sp³-hybridized carbons (Fsp3) is 0.583. The number of hydrogen-bond acceptors (Lipinski definition) is 11. The molecule has 2 aromatic rings. The number of ether oxygens (including phenoxy) is 5. The van der Waals surface area contributed by atoms with Crippen molar-refractivity contribution in [3.63, 3.8) is 0 Å². The van der Waals surface area contributed by atoms with Crippen molar-refractivity contribution in [2.24, 2.45) is 11.3 Å². The molecule has 16 nitrogen and oxygen atoms in total. The van der Waals surface area contributed by atoms with E-state index in [9.17, 15) is 27.9 Å². The first-order valence-corrected chi connectivity index (χ1v) is 19.3. The van der Waals surface area contributed by atoms with Crippen LogP contribution in [0.25, 0.3) is 0 Å². The van der Waals surface area contributed by atoms with Crippen molar-refractivity contribution in [1.82, 2.24) is 25.6 Å². The minimum absolute atomic E-state index is 0.0241. The maximum absolute atomic E-state index is 14.4. The van der Waals surface area contributed by atoms with E-state index >= 15 is 0 Å². The van der Waals surface area contributed by atoms with Gasteiger partial charge in [-0.2, -0.15) is 4.31 Å². The number of carbonyl (C=O) groups is 3. The molecule has 2 saturated heterocycles. The Hall–Kier alpha value is -4.16. The van der Waals surface area contributed by atoms with E-state index in [-0.39, 0.29) is 56.2 Å². The first-order chi connectivity index (χ1) is 25.3. The van der Waals surface area contributed by atoms with Gasteiger partial charge in [-0.3, -0.25) is 4.79 Å². The number of aliphatic hydroxyl groups is 1. The van der Waals surface area contributed by atoms with E-state index in [4.69, 9.17) is 23.7 Å². The number of urea groups is 1. The highest BCUT2D eigenvalue weighted by Gasteiger charge is 2.44. The SMILES string of the molecule is CNC(=O)NCC(=O)NCCCCC(C)(C)CN(C[C@@H](O)[C@H](Cc1ccccc1)NC(=O)O[C@H]1CO[C@H]2OCC[C@H]21)S(=O)(=O)c1ccc2c(c1)OCO2. The van der Waals surface area contributed by atoms with Gasteiger partial charge in [0.15, 0.2) is 17.8 Å². The summed E-state index contributed by atoms with van der Waals surface area (Å²) in [5, 5.41) is 22.2. The summed E-state index contributed by atoms with van der Waals surface area (Å²) in [6.45, 7) is 4.50. The standard InChI is InChI=1S/C36H51N5O11S/c1-36(2,14-7-8-15-38-32(43)19-39-34(44)37-3)22-41(53(46,47)25-11-12-29-30(18-25)51-23-50-29)20-28(42)27(17-24-9-5-4-6-10-24)40-35(45)52-31-21-49-33-26(31)13-16-48-33/h4-6,9-12,18,26-28,31,33,42H,7-8,13-17,19-23H2,1-3H3,(H,38,43)(H,40,45)(H2,37,39,44)/t26-,27-,28+,31-,33+/m0/s1. The molecule has 3 aliphatic heterocycles. The molecular weight excluding hydrogens is 710 g/mol. The summed E-state index contributed by atoms with van der Waals surface area (Å²) in [5.74, 6) is 0.334. The Labute approximate surface area is 310 Å². The molecule has 0 aromatic heterocycles. The summed E-state index contributed by atoms with van der Waals surface area (Å²) in [4.78, 5) is 36.6. The maximum atomic E-state index is 14.4. The normalized spacial score (nSPS) is 20.4. The van der Waals surface area contributed by atoms with Gasteiger partial charge in [0.1, 0.15) is 6.10 Å². The molecule has 4 amide bonds. The molecule has 0 unspecified atom stereocenters. The predicted molar refractivity (Wildman–Crippen MR) is 192 cm³/mol. The van der Waals surface area contributed by atoms with E-state index in [1.165, 1.54) is 29.6 Å². The van der Waals surface area contributed by atoms with Gasteiger partial charge in [0, 0.05) is 32.7 Å². The second-order valence-corrected chi connectivity index (χ2v) is 16.1. The minimum atomic E-state index is -4.21. The third-order valence-corrected chi connectivity index (χ3v) is 11.3. The molecule has 53 heavy (non-hydrogen) atoms. The Kier molecular flexibility index (Phi) is 13.8. The Balaban J connectivity index is 1.29. The summed E-state index contributed by atoms with van der Waals surface area (Å²) in [5.41, 5.74) is 0.254. The topological polar surface area (TPSA) is 203 Å². The Morgan fingerprint density at radius 2 is 1.81 bits per heavy atom. The highest BCUT2D eigenvalue weighted by molar-refractivity contribution is 7.89. The van der Waals surface area contributed by atoms with Crippen molar-refractivity contribution in [2.75, 3.05) is 53.2 Å². The van der Waals surface area contributed by atoms with Crippen LogP contribution in [-0.2, 0) is 35.4 Å². The molecule has 0 saturated carbocycles. The number of hydrogen-bond donors (Lipinski definition) is 5. The van der Waals surface area contributed by atoms with E-state index in [0.717, 1.165) is 5.56 Å². The number of amides is 4. The average Bonchev–Trinajstić information content (AvgIpc) is 3.89. The van der Waals surface area contributed by atoms with Crippen molar-refractivity contribution >= 4 is 28.1 Å². The third-order valence-electron chi connectivity index (χ3n) is 9.53. The number of rotatable bonds is 18. The lowest BCUT2D eigenvalue weighted by atomic mass is 9.87. The summed E-state index contributed by atoms with van der Waals surface area (Å²) in [6, 6.07) is 12.3. The number of aliphatic hydroxyl groups excluding tert-OH is 1. The van der Waals surface area contributed by atoms with Crippen molar-refractivity contribution in [2.45, 2.75) is 75.4 Å². The fourth-order valence-electron chi connectivity index (χ4n) is 6.62. The van der Waals surface area contributed by atoms with Crippen LogP contribution in [0.4, 0.5) is 9.59 Å². The molecular formula is C36H51N5O11S. The van der Waals surface area contributed by atoms with Crippen LogP contribution in [0.2, 0.25) is 0 Å². The van der Waals surface area contributed by atoms with Gasteiger partial charge in [0.2, 0.25) is 22.7 Å². The summed E-state index contributed by atoms with van der Waals surface area (Å²) >= 11 is 0. The molecule has 3 aliphatic rings. The van der Waals surface area contributed by atoms with Gasteiger partial charge in [-0.25, -0.2) is 18.0 Å². The lowest BCUT2D eigenvalue weighted by molar-refractivity contribution is -0.120. The number of nitrogens with zero attached hydrogens (tertiary/aromatic N) is 1. The van der Waals surface area contributed by atoms with E-state index in [2.05, 4.69) is 21.3 Å². The Bertz CT molecular complexity index is 1660. The highest BCUT2D eigenvalue weighted by atomic mass is 32.2. The maximum Gasteiger partial charge on any atom is 0.407 e. The van der Waals surface area contributed by atoms with Crippen LogP contribution in [0.3, 0.4) is 0 Å². The third kappa shape index (κ3) is 11.2. The van der Waals surface area contributed by atoms with E-state index in [1.807, 2.05) is 44.2 Å². The fourth-order valence-corrected chi connectivity index (χ4v) is 8.28. The lowest BCUT2D eigenvalue weighted by Crippen LogP contribution is -2.52. The molecule has 292 valence electrons. The van der Waals surface area contributed by atoms with Gasteiger partial charge in [-0.05, 0) is 48.8 Å². The molecule has 2 aromatic carbocycles. The van der Waals surface area contributed by atoms with Crippen LogP contribution in [0.15, 0.2) is 53.4 Å². The average molecular weight is 762 g/mol. The second-order valence-electron chi connectivity index (χ2n) is 14.2. The van der Waals surface area contributed by atoms with Crippen molar-refractivity contribution in [3.8, 4) is 11.5 Å². The largest absolute Gasteiger partial charge is 0.454 e. The molecule has 0 aliphatic carbocycles. The zero-order valence-corrected chi connectivity index (χ0v) is 31.2. The van der Waals surface area contributed by atoms with Crippen molar-refractivity contribution in [3.05, 3.63) is 54.1 Å². The van der Waals surface area contributed by atoms with Gasteiger partial charge in [0.25, 0.3) is 0 Å². The van der Waals surface area contributed by atoms with Gasteiger partial charge in [0.05, 0.1) is 42.7 Å². The lowest BCUT2D eigenvalue weighted by Gasteiger charge is -2.35. The van der Waals surface area contributed by atoms with E-state index in [1.54, 1.807) is 0 Å². The minimum Gasteiger partial charge on any atom is -0.454 e. The molecule has 5 N–H and O–H groups in total. The van der Waals surface area contributed by atoms with E-state index < -0.39 is 52.1 Å². The number of alkyl carbamates (subject to hydrolysis) is 1. The van der Waals surface area contributed by atoms with Gasteiger partial charge in [-0.15, -0.1) is 0 Å². The van der Waals surface area contributed by atoms with Gasteiger partial charge in [-0.1, -0.05) is 50.6 Å². The molecule has 3 heterocycles. The smallest absolute Gasteiger partial charge is 0.407 e. The first kappa shape index (κ1) is 40.0. The summed E-state index contributed by atoms with van der Waals surface area (Å²) in [7, 11) is -2.75. The van der Waals surface area contributed by atoms with Gasteiger partial charge < -0.3 is 50.1 Å². The van der Waals surface area contributed by atoms with Crippen molar-refractivity contribution in [1.29, 1.82) is 0 Å². The zero-order chi connectivity index (χ0) is 38.0. The molecule has 0 spiro atoms. The number of benzene rings is 2. The molecule has 17 heteroatoms. The molecule has 2 fully saturated rings. The second kappa shape index (κ2) is 18.2.